The molecule has 3 rings (SSSR count). The van der Waals surface area contributed by atoms with Gasteiger partial charge in [-0.25, -0.2) is 0 Å². The third-order valence-electron chi connectivity index (χ3n) is 5.25. The smallest absolute Gasteiger partial charge is 0.399 e. The number of rotatable bonds is 1. The van der Waals surface area contributed by atoms with Crippen molar-refractivity contribution in [1.29, 1.82) is 0 Å². The van der Waals surface area contributed by atoms with Crippen molar-refractivity contribution in [2.75, 3.05) is 0 Å². The average Bonchev–Trinajstić information content (AvgIpc) is 2.86. The number of fused-ring (bicyclic) bond motifs is 1. The van der Waals surface area contributed by atoms with Crippen LogP contribution in [-0.2, 0) is 23.4 Å². The molecule has 0 unspecified atom stereocenters. The van der Waals surface area contributed by atoms with Crippen molar-refractivity contribution >= 4 is 23.5 Å². The van der Waals surface area contributed by atoms with Gasteiger partial charge in [-0.3, -0.25) is 4.79 Å². The zero-order chi connectivity index (χ0) is 16.4. The number of hydrogen-bond acceptors (Lipinski definition) is 3. The lowest BCUT2D eigenvalue weighted by atomic mass is 9.75. The van der Waals surface area contributed by atoms with Crippen LogP contribution in [0.5, 0.6) is 0 Å². The molecule has 1 saturated heterocycles. The maximum absolute atomic E-state index is 12.5. The van der Waals surface area contributed by atoms with E-state index >= 15 is 0 Å². The first-order chi connectivity index (χ1) is 10.1. The number of aromatic nitrogens is 2. The Kier molecular flexibility index (Phi) is 3.14. The number of pyridine rings is 1. The summed E-state index contributed by atoms with van der Waals surface area (Å²) in [7, 11) is 3.20. The second kappa shape index (κ2) is 4.49. The Labute approximate surface area is 131 Å². The van der Waals surface area contributed by atoms with E-state index in [-0.39, 0.29) is 5.56 Å². The molecule has 0 aromatic carbocycles. The average molecular weight is 302 g/mol. The van der Waals surface area contributed by atoms with Crippen LogP contribution in [0.3, 0.4) is 0 Å². The van der Waals surface area contributed by atoms with Crippen molar-refractivity contribution < 1.29 is 9.31 Å². The Bertz CT molecular complexity index is 801. The van der Waals surface area contributed by atoms with Gasteiger partial charge in [0.25, 0.3) is 5.56 Å². The molecule has 2 aromatic rings. The number of hydrogen-bond donors (Lipinski definition) is 0. The lowest BCUT2D eigenvalue weighted by molar-refractivity contribution is 0.00578. The topological polar surface area (TPSA) is 45.4 Å². The zero-order valence-corrected chi connectivity index (χ0v) is 14.4. The van der Waals surface area contributed by atoms with Crippen molar-refractivity contribution in [3.8, 4) is 0 Å². The standard InChI is InChI=1S/C16H23BN2O3/c1-10-12(17-21-15(2,3)16(4,5)22-17)11-8-9-18(6)13(11)14(20)19(10)7/h8-9H,1-7H3. The Hall–Kier alpha value is -1.53. The first-order valence-electron chi connectivity index (χ1n) is 7.57. The SMILES string of the molecule is Cc1c(B2OC(C)(C)C(C)(C)O2)c2ccn(C)c2c(=O)n1C. The summed E-state index contributed by atoms with van der Waals surface area (Å²) < 4.78 is 15.9. The molecule has 0 amide bonds. The van der Waals surface area contributed by atoms with E-state index in [9.17, 15) is 4.79 Å². The second-order valence-electron chi connectivity index (χ2n) is 7.14. The highest BCUT2D eigenvalue weighted by atomic mass is 16.7. The van der Waals surface area contributed by atoms with Gasteiger partial charge in [0, 0.05) is 36.8 Å². The molecule has 0 bridgehead atoms. The summed E-state index contributed by atoms with van der Waals surface area (Å²) in [6, 6.07) is 1.96. The van der Waals surface area contributed by atoms with E-state index in [1.807, 2.05) is 58.5 Å². The third kappa shape index (κ3) is 1.90. The Morgan fingerprint density at radius 1 is 1.09 bits per heavy atom. The third-order valence-corrected chi connectivity index (χ3v) is 5.25. The van der Waals surface area contributed by atoms with Gasteiger partial charge in [0.15, 0.2) is 0 Å². The Morgan fingerprint density at radius 3 is 2.18 bits per heavy atom. The van der Waals surface area contributed by atoms with E-state index < -0.39 is 18.3 Å². The van der Waals surface area contributed by atoms with Crippen LogP contribution < -0.4 is 11.0 Å². The van der Waals surface area contributed by atoms with Crippen molar-refractivity contribution in [2.45, 2.75) is 45.8 Å². The molecule has 0 spiro atoms. The Morgan fingerprint density at radius 2 is 1.64 bits per heavy atom. The van der Waals surface area contributed by atoms with Crippen molar-refractivity contribution in [2.24, 2.45) is 14.1 Å². The van der Waals surface area contributed by atoms with Crippen LogP contribution in [0.2, 0.25) is 0 Å². The summed E-state index contributed by atoms with van der Waals surface area (Å²) in [4.78, 5) is 12.5. The monoisotopic (exact) mass is 302 g/mol. The maximum atomic E-state index is 12.5. The zero-order valence-electron chi connectivity index (χ0n) is 14.4. The molecule has 1 fully saturated rings. The minimum atomic E-state index is -0.471. The van der Waals surface area contributed by atoms with Crippen molar-refractivity contribution in [3.63, 3.8) is 0 Å². The van der Waals surface area contributed by atoms with Gasteiger partial charge in [-0.2, -0.15) is 0 Å². The highest BCUT2D eigenvalue weighted by Crippen LogP contribution is 2.37. The lowest BCUT2D eigenvalue weighted by Gasteiger charge is -2.32. The molecule has 3 heterocycles. The van der Waals surface area contributed by atoms with Crippen LogP contribution >= 0.6 is 0 Å². The van der Waals surface area contributed by atoms with E-state index in [1.165, 1.54) is 0 Å². The molecule has 118 valence electrons. The molecular weight excluding hydrogens is 279 g/mol. The minimum Gasteiger partial charge on any atom is -0.399 e. The molecule has 0 saturated carbocycles. The van der Waals surface area contributed by atoms with Gasteiger partial charge in [0.2, 0.25) is 0 Å². The van der Waals surface area contributed by atoms with Crippen molar-refractivity contribution in [3.05, 3.63) is 28.3 Å². The predicted molar refractivity (Wildman–Crippen MR) is 88.6 cm³/mol. The van der Waals surface area contributed by atoms with E-state index in [2.05, 4.69) is 0 Å². The second-order valence-corrected chi connectivity index (χ2v) is 7.14. The molecule has 0 radical (unpaired) electrons. The van der Waals surface area contributed by atoms with E-state index in [0.29, 0.717) is 5.52 Å². The normalized spacial score (nSPS) is 20.0. The molecule has 0 atom stereocenters. The molecule has 1 aliphatic heterocycles. The van der Waals surface area contributed by atoms with Crippen LogP contribution in [0.1, 0.15) is 33.4 Å². The fourth-order valence-corrected chi connectivity index (χ4v) is 2.96. The van der Waals surface area contributed by atoms with E-state index in [0.717, 1.165) is 16.5 Å². The maximum Gasteiger partial charge on any atom is 0.497 e. The quantitative estimate of drug-likeness (QED) is 0.750. The summed E-state index contributed by atoms with van der Waals surface area (Å²) in [5.74, 6) is 0. The van der Waals surface area contributed by atoms with Crippen LogP contribution in [0.4, 0.5) is 0 Å². The largest absolute Gasteiger partial charge is 0.497 e. The van der Waals surface area contributed by atoms with Gasteiger partial charge in [-0.1, -0.05) is 0 Å². The van der Waals surface area contributed by atoms with E-state index in [1.54, 1.807) is 11.6 Å². The predicted octanol–water partition coefficient (Wildman–Crippen LogP) is 1.48. The molecule has 6 heteroatoms. The van der Waals surface area contributed by atoms with Gasteiger partial charge < -0.3 is 18.4 Å². The molecule has 0 N–H and O–H groups in total. The highest BCUT2D eigenvalue weighted by molar-refractivity contribution is 6.65. The number of nitrogens with zero attached hydrogens (tertiary/aromatic N) is 2. The first kappa shape index (κ1) is 15.4. The van der Waals surface area contributed by atoms with Crippen LogP contribution in [0.15, 0.2) is 17.1 Å². The molecule has 1 aliphatic rings. The molecule has 2 aromatic heterocycles. The summed E-state index contributed by atoms with van der Waals surface area (Å²) in [5.41, 5.74) is 1.69. The fraction of sp³-hybridized carbons (Fsp3) is 0.562. The van der Waals surface area contributed by atoms with Crippen LogP contribution in [0, 0.1) is 6.92 Å². The van der Waals surface area contributed by atoms with Gasteiger partial charge in [0.05, 0.1) is 11.2 Å². The summed E-state index contributed by atoms with van der Waals surface area (Å²) in [5, 5.41) is 0.904. The van der Waals surface area contributed by atoms with E-state index in [4.69, 9.17) is 9.31 Å². The highest BCUT2D eigenvalue weighted by Gasteiger charge is 2.52. The summed E-state index contributed by atoms with van der Waals surface area (Å²) >= 11 is 0. The molecular formula is C16H23BN2O3. The molecule has 0 aliphatic carbocycles. The first-order valence-corrected chi connectivity index (χ1v) is 7.57. The summed E-state index contributed by atoms with van der Waals surface area (Å²) in [6.45, 7) is 10.1. The fourth-order valence-electron chi connectivity index (χ4n) is 2.96. The van der Waals surface area contributed by atoms with Crippen molar-refractivity contribution in [1.82, 2.24) is 9.13 Å². The van der Waals surface area contributed by atoms with Gasteiger partial charge in [-0.15, -0.1) is 0 Å². The Balaban J connectivity index is 2.27. The van der Waals surface area contributed by atoms with Gasteiger partial charge >= 0.3 is 7.12 Å². The van der Waals surface area contributed by atoms with Gasteiger partial charge in [-0.05, 0) is 40.7 Å². The minimum absolute atomic E-state index is 0.000248. The summed E-state index contributed by atoms with van der Waals surface area (Å²) in [6.07, 6.45) is 1.90. The number of aryl methyl sites for hydroxylation is 1. The molecule has 22 heavy (non-hydrogen) atoms. The molecule has 5 nitrogen and oxygen atoms in total. The van der Waals surface area contributed by atoms with Crippen LogP contribution in [0.25, 0.3) is 10.9 Å². The lowest BCUT2D eigenvalue weighted by Crippen LogP contribution is -2.41. The van der Waals surface area contributed by atoms with Gasteiger partial charge in [0.1, 0.15) is 5.52 Å². The van der Waals surface area contributed by atoms with Crippen LogP contribution in [-0.4, -0.2) is 27.5 Å².